The Hall–Kier alpha value is -1.88. The van der Waals surface area contributed by atoms with Crippen LogP contribution in [0.5, 0.6) is 5.75 Å². The molecule has 19 heavy (non-hydrogen) atoms. The van der Waals surface area contributed by atoms with Crippen molar-refractivity contribution in [3.63, 3.8) is 0 Å². The van der Waals surface area contributed by atoms with Crippen LogP contribution in [0.2, 0.25) is 0 Å². The van der Waals surface area contributed by atoms with E-state index in [0.29, 0.717) is 16.8 Å². The maximum absolute atomic E-state index is 10.9. The van der Waals surface area contributed by atoms with E-state index < -0.39 is 5.97 Å². The van der Waals surface area contributed by atoms with Crippen molar-refractivity contribution in [2.75, 3.05) is 0 Å². The zero-order valence-corrected chi connectivity index (χ0v) is 11.8. The van der Waals surface area contributed by atoms with Crippen LogP contribution in [0.25, 0.3) is 0 Å². The lowest BCUT2D eigenvalue weighted by atomic mass is 10.2. The van der Waals surface area contributed by atoms with Crippen LogP contribution < -0.4 is 4.74 Å². The van der Waals surface area contributed by atoms with Crippen molar-refractivity contribution in [3.8, 4) is 5.75 Å². The summed E-state index contributed by atoms with van der Waals surface area (Å²) >= 11 is 3.33. The largest absolute Gasteiger partial charge is 0.486 e. The number of aryl methyl sites for hydroxylation is 1. The molecule has 0 aliphatic heterocycles. The average molecular weight is 322 g/mol. The summed E-state index contributed by atoms with van der Waals surface area (Å²) in [6, 6.07) is 10.3. The van der Waals surface area contributed by atoms with Gasteiger partial charge in [-0.15, -0.1) is 0 Å². The Morgan fingerprint density at radius 3 is 2.84 bits per heavy atom. The van der Waals surface area contributed by atoms with Gasteiger partial charge in [0.1, 0.15) is 12.4 Å². The van der Waals surface area contributed by atoms with Crippen LogP contribution in [0.3, 0.4) is 0 Å². The Kier molecular flexibility index (Phi) is 4.16. The van der Waals surface area contributed by atoms with Gasteiger partial charge in [-0.2, -0.15) is 0 Å². The smallest absolute Gasteiger partial charge is 0.335 e. The molecule has 0 aliphatic rings. The summed E-state index contributed by atoms with van der Waals surface area (Å²) in [5.41, 5.74) is 1.91. The monoisotopic (exact) mass is 321 g/mol. The molecule has 1 aromatic carbocycles. The van der Waals surface area contributed by atoms with Crippen LogP contribution in [-0.4, -0.2) is 16.1 Å². The maximum atomic E-state index is 10.9. The number of nitrogens with zero attached hydrogens (tertiary/aromatic N) is 1. The number of aromatic nitrogens is 1. The Labute approximate surface area is 119 Å². The van der Waals surface area contributed by atoms with Crippen LogP contribution in [0.1, 0.15) is 21.7 Å². The van der Waals surface area contributed by atoms with E-state index in [2.05, 4.69) is 20.9 Å². The summed E-state index contributed by atoms with van der Waals surface area (Å²) in [6.07, 6.45) is 0. The molecular formula is C14H12BrNO3. The topological polar surface area (TPSA) is 59.4 Å². The SMILES string of the molecule is Cc1cccc(COc2cc(C(=O)O)ccc2Br)n1. The fraction of sp³-hybridized carbons (Fsp3) is 0.143. The molecule has 0 spiro atoms. The third kappa shape index (κ3) is 3.54. The first-order valence-corrected chi connectivity index (χ1v) is 6.44. The molecule has 1 aromatic heterocycles. The predicted molar refractivity (Wildman–Crippen MR) is 74.4 cm³/mol. The molecule has 0 saturated carbocycles. The number of hydrogen-bond donors (Lipinski definition) is 1. The lowest BCUT2D eigenvalue weighted by molar-refractivity contribution is 0.0696. The number of carboxylic acid groups (broad SMARTS) is 1. The molecule has 0 radical (unpaired) electrons. The lowest BCUT2D eigenvalue weighted by Crippen LogP contribution is -2.01. The van der Waals surface area contributed by atoms with Gasteiger partial charge in [0.2, 0.25) is 0 Å². The summed E-state index contributed by atoms with van der Waals surface area (Å²) < 4.78 is 6.31. The van der Waals surface area contributed by atoms with Gasteiger partial charge < -0.3 is 9.84 Å². The molecule has 0 unspecified atom stereocenters. The van der Waals surface area contributed by atoms with Gasteiger partial charge in [0.25, 0.3) is 0 Å². The van der Waals surface area contributed by atoms with Crippen molar-refractivity contribution < 1.29 is 14.6 Å². The van der Waals surface area contributed by atoms with Gasteiger partial charge >= 0.3 is 5.97 Å². The second-order valence-corrected chi connectivity index (χ2v) is 4.86. The quantitative estimate of drug-likeness (QED) is 0.937. The van der Waals surface area contributed by atoms with Crippen LogP contribution in [0.4, 0.5) is 0 Å². The van der Waals surface area contributed by atoms with E-state index in [1.807, 2.05) is 25.1 Å². The molecule has 2 aromatic rings. The van der Waals surface area contributed by atoms with E-state index in [1.165, 1.54) is 12.1 Å². The van der Waals surface area contributed by atoms with Gasteiger partial charge in [-0.1, -0.05) is 6.07 Å². The highest BCUT2D eigenvalue weighted by Crippen LogP contribution is 2.26. The average Bonchev–Trinajstić information content (AvgIpc) is 2.37. The van der Waals surface area contributed by atoms with E-state index in [-0.39, 0.29) is 5.56 Å². The zero-order chi connectivity index (χ0) is 13.8. The molecule has 0 aliphatic carbocycles. The third-order valence-electron chi connectivity index (χ3n) is 2.50. The number of aromatic carboxylic acids is 1. The Morgan fingerprint density at radius 1 is 1.37 bits per heavy atom. The van der Waals surface area contributed by atoms with Gasteiger partial charge in [0.05, 0.1) is 15.7 Å². The number of ether oxygens (including phenoxy) is 1. The van der Waals surface area contributed by atoms with Crippen molar-refractivity contribution in [1.29, 1.82) is 0 Å². The fourth-order valence-electron chi connectivity index (χ4n) is 1.58. The summed E-state index contributed by atoms with van der Waals surface area (Å²) in [6.45, 7) is 2.20. The van der Waals surface area contributed by atoms with Crippen LogP contribution in [0.15, 0.2) is 40.9 Å². The zero-order valence-electron chi connectivity index (χ0n) is 10.3. The Bertz CT molecular complexity index is 613. The molecule has 0 fully saturated rings. The van der Waals surface area contributed by atoms with Crippen LogP contribution in [0, 0.1) is 6.92 Å². The second kappa shape index (κ2) is 5.84. The Morgan fingerprint density at radius 2 is 2.16 bits per heavy atom. The lowest BCUT2D eigenvalue weighted by Gasteiger charge is -2.09. The number of hydrogen-bond acceptors (Lipinski definition) is 3. The van der Waals surface area contributed by atoms with E-state index in [1.54, 1.807) is 6.07 Å². The highest BCUT2D eigenvalue weighted by Gasteiger charge is 2.08. The van der Waals surface area contributed by atoms with E-state index in [4.69, 9.17) is 9.84 Å². The molecule has 1 heterocycles. The molecule has 2 rings (SSSR count). The van der Waals surface area contributed by atoms with Gasteiger partial charge in [-0.05, 0) is 53.2 Å². The third-order valence-corrected chi connectivity index (χ3v) is 3.15. The highest BCUT2D eigenvalue weighted by molar-refractivity contribution is 9.10. The summed E-state index contributed by atoms with van der Waals surface area (Å²) in [5.74, 6) is -0.491. The molecule has 0 amide bonds. The van der Waals surface area contributed by atoms with E-state index >= 15 is 0 Å². The fourth-order valence-corrected chi connectivity index (χ4v) is 1.94. The first-order chi connectivity index (χ1) is 9.06. The number of pyridine rings is 1. The molecule has 0 bridgehead atoms. The van der Waals surface area contributed by atoms with Gasteiger partial charge in [-0.3, -0.25) is 4.98 Å². The number of benzene rings is 1. The number of halogens is 1. The van der Waals surface area contributed by atoms with Crippen molar-refractivity contribution in [3.05, 3.63) is 57.8 Å². The van der Waals surface area contributed by atoms with Gasteiger partial charge in [-0.25, -0.2) is 4.79 Å². The minimum absolute atomic E-state index is 0.190. The van der Waals surface area contributed by atoms with Crippen LogP contribution in [-0.2, 0) is 6.61 Å². The summed E-state index contributed by atoms with van der Waals surface area (Å²) in [7, 11) is 0. The highest BCUT2D eigenvalue weighted by atomic mass is 79.9. The first-order valence-electron chi connectivity index (χ1n) is 5.64. The van der Waals surface area contributed by atoms with Crippen molar-refractivity contribution in [2.45, 2.75) is 13.5 Å². The molecule has 1 N–H and O–H groups in total. The van der Waals surface area contributed by atoms with Gasteiger partial charge in [0, 0.05) is 5.69 Å². The predicted octanol–water partition coefficient (Wildman–Crippen LogP) is 3.43. The minimum atomic E-state index is -0.981. The minimum Gasteiger partial charge on any atom is -0.486 e. The Balaban J connectivity index is 2.15. The maximum Gasteiger partial charge on any atom is 0.335 e. The van der Waals surface area contributed by atoms with Crippen molar-refractivity contribution >= 4 is 21.9 Å². The van der Waals surface area contributed by atoms with Gasteiger partial charge in [0.15, 0.2) is 0 Å². The first kappa shape index (κ1) is 13.5. The summed E-state index contributed by atoms with van der Waals surface area (Å²) in [4.78, 5) is 15.2. The normalized spacial score (nSPS) is 10.2. The number of carbonyl (C=O) groups is 1. The number of rotatable bonds is 4. The van der Waals surface area contributed by atoms with E-state index in [0.717, 1.165) is 11.4 Å². The van der Waals surface area contributed by atoms with Crippen molar-refractivity contribution in [1.82, 2.24) is 4.98 Å². The molecular weight excluding hydrogens is 310 g/mol. The van der Waals surface area contributed by atoms with Crippen molar-refractivity contribution in [2.24, 2.45) is 0 Å². The second-order valence-electron chi connectivity index (χ2n) is 4.01. The standard InChI is InChI=1S/C14H12BrNO3/c1-9-3-2-4-11(16-9)8-19-13-7-10(14(17)18)5-6-12(13)15/h2-7H,8H2,1H3,(H,17,18). The molecule has 5 heteroatoms. The van der Waals surface area contributed by atoms with E-state index in [9.17, 15) is 4.79 Å². The molecule has 0 saturated heterocycles. The summed E-state index contributed by atoms with van der Waals surface area (Å²) in [5, 5.41) is 8.94. The number of carboxylic acids is 1. The molecule has 98 valence electrons. The van der Waals surface area contributed by atoms with Crippen LogP contribution >= 0.6 is 15.9 Å². The molecule has 4 nitrogen and oxygen atoms in total. The molecule has 0 atom stereocenters.